The Kier molecular flexibility index (Phi) is 3.93. The van der Waals surface area contributed by atoms with Gasteiger partial charge in [-0.3, -0.25) is 4.79 Å². The third-order valence-corrected chi connectivity index (χ3v) is 3.56. The van der Waals surface area contributed by atoms with Gasteiger partial charge in [-0.1, -0.05) is 34.1 Å². The van der Waals surface area contributed by atoms with E-state index in [2.05, 4.69) is 21.0 Å². The number of halogens is 1. The summed E-state index contributed by atoms with van der Waals surface area (Å²) in [5.41, 5.74) is 8.03. The summed E-state index contributed by atoms with van der Waals surface area (Å²) in [5.74, 6) is 0. The number of aromatic nitrogens is 2. The molecule has 0 amide bonds. The van der Waals surface area contributed by atoms with E-state index in [9.17, 15) is 4.79 Å². The first-order chi connectivity index (χ1) is 8.61. The molecule has 94 valence electrons. The largest absolute Gasteiger partial charge is 0.326 e. The number of nitrogens with two attached hydrogens (primary N) is 1. The molecule has 0 atom stereocenters. The number of hydrogen-bond acceptors (Lipinski definition) is 3. The van der Waals surface area contributed by atoms with Crippen LogP contribution in [0.4, 0.5) is 0 Å². The van der Waals surface area contributed by atoms with E-state index < -0.39 is 0 Å². The standard InChI is InChI=1S/C13H14BrN3O/c1-9-11(7-15)6-13(18)17(16-9)8-10-4-2-3-5-12(10)14/h2-6H,7-8,15H2,1H3. The maximum Gasteiger partial charge on any atom is 0.267 e. The van der Waals surface area contributed by atoms with Gasteiger partial charge in [-0.25, -0.2) is 4.68 Å². The molecule has 0 spiro atoms. The zero-order chi connectivity index (χ0) is 13.1. The van der Waals surface area contributed by atoms with Crippen molar-refractivity contribution >= 4 is 15.9 Å². The van der Waals surface area contributed by atoms with Crippen molar-refractivity contribution in [1.29, 1.82) is 0 Å². The number of nitrogens with zero attached hydrogens (tertiary/aromatic N) is 2. The van der Waals surface area contributed by atoms with Crippen molar-refractivity contribution in [3.8, 4) is 0 Å². The zero-order valence-electron chi connectivity index (χ0n) is 10.1. The van der Waals surface area contributed by atoms with E-state index in [0.29, 0.717) is 13.1 Å². The van der Waals surface area contributed by atoms with Gasteiger partial charge >= 0.3 is 0 Å². The highest BCUT2D eigenvalue weighted by atomic mass is 79.9. The van der Waals surface area contributed by atoms with Gasteiger partial charge in [0, 0.05) is 17.1 Å². The van der Waals surface area contributed by atoms with Gasteiger partial charge in [-0.2, -0.15) is 5.10 Å². The first-order valence-corrected chi connectivity index (χ1v) is 6.42. The maximum atomic E-state index is 11.9. The molecule has 1 aromatic carbocycles. The lowest BCUT2D eigenvalue weighted by Gasteiger charge is -2.09. The minimum Gasteiger partial charge on any atom is -0.326 e. The second-order valence-corrected chi connectivity index (χ2v) is 4.90. The molecular formula is C13H14BrN3O. The van der Waals surface area contributed by atoms with Crippen LogP contribution in [0.25, 0.3) is 0 Å². The van der Waals surface area contributed by atoms with Crippen molar-refractivity contribution in [3.05, 3.63) is 62.0 Å². The molecule has 0 bridgehead atoms. The third-order valence-electron chi connectivity index (χ3n) is 2.79. The Balaban J connectivity index is 2.39. The fourth-order valence-corrected chi connectivity index (χ4v) is 2.14. The first kappa shape index (κ1) is 13.0. The van der Waals surface area contributed by atoms with Gasteiger partial charge in [0.2, 0.25) is 0 Å². The SMILES string of the molecule is Cc1nn(Cc2ccccc2Br)c(=O)cc1CN. The summed E-state index contributed by atoms with van der Waals surface area (Å²) in [4.78, 5) is 11.9. The molecule has 2 N–H and O–H groups in total. The highest BCUT2D eigenvalue weighted by Crippen LogP contribution is 2.16. The van der Waals surface area contributed by atoms with E-state index in [1.165, 1.54) is 4.68 Å². The zero-order valence-corrected chi connectivity index (χ0v) is 11.6. The second-order valence-electron chi connectivity index (χ2n) is 4.05. The Morgan fingerprint density at radius 2 is 2.06 bits per heavy atom. The predicted octanol–water partition coefficient (Wildman–Crippen LogP) is 1.82. The van der Waals surface area contributed by atoms with Crippen LogP contribution in [-0.2, 0) is 13.1 Å². The molecule has 0 unspecified atom stereocenters. The lowest BCUT2D eigenvalue weighted by Crippen LogP contribution is -2.25. The molecule has 1 aromatic heterocycles. The van der Waals surface area contributed by atoms with E-state index in [1.807, 2.05) is 31.2 Å². The Bertz CT molecular complexity index is 622. The highest BCUT2D eigenvalue weighted by molar-refractivity contribution is 9.10. The van der Waals surface area contributed by atoms with E-state index >= 15 is 0 Å². The molecule has 0 radical (unpaired) electrons. The summed E-state index contributed by atoms with van der Waals surface area (Å²) in [7, 11) is 0. The summed E-state index contributed by atoms with van der Waals surface area (Å²) >= 11 is 3.46. The maximum absolute atomic E-state index is 11.9. The van der Waals surface area contributed by atoms with E-state index in [0.717, 1.165) is 21.3 Å². The van der Waals surface area contributed by atoms with Crippen LogP contribution >= 0.6 is 15.9 Å². The molecule has 0 saturated heterocycles. The Morgan fingerprint density at radius 1 is 1.33 bits per heavy atom. The Labute approximate surface area is 114 Å². The van der Waals surface area contributed by atoms with E-state index in [1.54, 1.807) is 6.07 Å². The summed E-state index contributed by atoms with van der Waals surface area (Å²) in [6.07, 6.45) is 0. The average Bonchev–Trinajstić information content (AvgIpc) is 2.36. The Hall–Kier alpha value is -1.46. The fraction of sp³-hybridized carbons (Fsp3) is 0.231. The van der Waals surface area contributed by atoms with Gasteiger partial charge in [0.25, 0.3) is 5.56 Å². The number of benzene rings is 1. The Morgan fingerprint density at radius 3 is 2.72 bits per heavy atom. The molecule has 0 saturated carbocycles. The smallest absolute Gasteiger partial charge is 0.267 e. The normalized spacial score (nSPS) is 10.6. The molecule has 1 heterocycles. The molecule has 0 aliphatic heterocycles. The van der Waals surface area contributed by atoms with Crippen LogP contribution in [0.5, 0.6) is 0 Å². The molecule has 2 rings (SSSR count). The first-order valence-electron chi connectivity index (χ1n) is 5.63. The van der Waals surface area contributed by atoms with Crippen LogP contribution < -0.4 is 11.3 Å². The number of hydrogen-bond donors (Lipinski definition) is 1. The molecule has 4 nitrogen and oxygen atoms in total. The monoisotopic (exact) mass is 307 g/mol. The predicted molar refractivity (Wildman–Crippen MR) is 74.4 cm³/mol. The molecule has 0 aliphatic rings. The number of rotatable bonds is 3. The molecule has 2 aromatic rings. The summed E-state index contributed by atoms with van der Waals surface area (Å²) < 4.78 is 2.42. The quantitative estimate of drug-likeness (QED) is 0.941. The average molecular weight is 308 g/mol. The van der Waals surface area contributed by atoms with Gasteiger partial charge < -0.3 is 5.73 Å². The van der Waals surface area contributed by atoms with Crippen molar-refractivity contribution < 1.29 is 0 Å². The fourth-order valence-electron chi connectivity index (χ4n) is 1.73. The van der Waals surface area contributed by atoms with Gasteiger partial charge in [0.1, 0.15) is 0 Å². The van der Waals surface area contributed by atoms with Crippen molar-refractivity contribution in [2.24, 2.45) is 5.73 Å². The van der Waals surface area contributed by atoms with Gasteiger partial charge in [0.15, 0.2) is 0 Å². The summed E-state index contributed by atoms with van der Waals surface area (Å²) in [6.45, 7) is 2.65. The molecular weight excluding hydrogens is 294 g/mol. The third kappa shape index (κ3) is 2.68. The van der Waals surface area contributed by atoms with Gasteiger partial charge in [-0.15, -0.1) is 0 Å². The molecule has 18 heavy (non-hydrogen) atoms. The van der Waals surface area contributed by atoms with Crippen LogP contribution in [0.3, 0.4) is 0 Å². The van der Waals surface area contributed by atoms with Gasteiger partial charge in [0.05, 0.1) is 12.2 Å². The highest BCUT2D eigenvalue weighted by Gasteiger charge is 2.06. The topological polar surface area (TPSA) is 60.9 Å². The van der Waals surface area contributed by atoms with Crippen LogP contribution in [0, 0.1) is 6.92 Å². The van der Waals surface area contributed by atoms with E-state index in [-0.39, 0.29) is 5.56 Å². The van der Waals surface area contributed by atoms with Crippen LogP contribution in [-0.4, -0.2) is 9.78 Å². The molecule has 0 aliphatic carbocycles. The number of aryl methyl sites for hydroxylation is 1. The minimum atomic E-state index is -0.128. The summed E-state index contributed by atoms with van der Waals surface area (Å²) in [5, 5.41) is 4.28. The van der Waals surface area contributed by atoms with Crippen LogP contribution in [0.2, 0.25) is 0 Å². The second kappa shape index (κ2) is 5.46. The van der Waals surface area contributed by atoms with Crippen LogP contribution in [0.15, 0.2) is 39.6 Å². The van der Waals surface area contributed by atoms with Gasteiger partial charge in [-0.05, 0) is 24.1 Å². The van der Waals surface area contributed by atoms with Crippen molar-refractivity contribution in [2.75, 3.05) is 0 Å². The van der Waals surface area contributed by atoms with Crippen molar-refractivity contribution in [3.63, 3.8) is 0 Å². The van der Waals surface area contributed by atoms with Crippen LogP contribution in [0.1, 0.15) is 16.8 Å². The van der Waals surface area contributed by atoms with Crippen molar-refractivity contribution in [2.45, 2.75) is 20.0 Å². The minimum absolute atomic E-state index is 0.128. The molecule has 0 fully saturated rings. The lowest BCUT2D eigenvalue weighted by molar-refractivity contribution is 0.620. The summed E-state index contributed by atoms with van der Waals surface area (Å²) in [6, 6.07) is 9.34. The van der Waals surface area contributed by atoms with E-state index in [4.69, 9.17) is 5.73 Å². The van der Waals surface area contributed by atoms with Crippen molar-refractivity contribution in [1.82, 2.24) is 9.78 Å². The lowest BCUT2D eigenvalue weighted by atomic mass is 10.2. The molecule has 5 heteroatoms.